The number of unbranched alkanes of at least 4 members (excludes halogenated alkanes) is 53. The molecule has 0 heterocycles. The maximum Gasteiger partial charge on any atom is 0.305 e. The summed E-state index contributed by atoms with van der Waals surface area (Å²) in [7, 11) is 0. The molecule has 0 aromatic carbocycles. The van der Waals surface area contributed by atoms with Gasteiger partial charge in [0, 0.05) is 12.8 Å². The minimum atomic E-state index is -0.672. The smallest absolute Gasteiger partial charge is 0.305 e. The zero-order valence-electron chi connectivity index (χ0n) is 53.6. The first-order valence-electron chi connectivity index (χ1n) is 36.1. The number of aliphatic hydroxyl groups excluding tert-OH is 2. The first kappa shape index (κ1) is 77.3. The summed E-state index contributed by atoms with van der Waals surface area (Å²) in [6.07, 6.45) is 86.5. The van der Waals surface area contributed by atoms with Gasteiger partial charge in [-0.05, 0) is 57.8 Å². The molecule has 0 aliphatic heterocycles. The van der Waals surface area contributed by atoms with Crippen LogP contribution < -0.4 is 5.32 Å². The Bertz CT molecular complexity index is 1230. The van der Waals surface area contributed by atoms with E-state index in [2.05, 4.69) is 43.5 Å². The van der Waals surface area contributed by atoms with Crippen LogP contribution in [0.1, 0.15) is 406 Å². The molecule has 0 aliphatic carbocycles. The van der Waals surface area contributed by atoms with Crippen LogP contribution in [-0.2, 0) is 14.3 Å². The van der Waals surface area contributed by atoms with Crippen LogP contribution in [-0.4, -0.2) is 47.4 Å². The van der Waals surface area contributed by atoms with Crippen molar-refractivity contribution in [2.24, 2.45) is 0 Å². The van der Waals surface area contributed by atoms with E-state index in [0.717, 1.165) is 44.9 Å². The number of hydrogen-bond acceptors (Lipinski definition) is 5. The standard InChI is InChI=1S/C73H141NO5/c1-3-5-7-9-11-13-15-17-19-21-23-30-33-37-41-45-49-53-57-61-65-71(76)70(69-75)74-72(77)66-62-58-54-50-46-42-38-34-31-27-25-24-26-28-32-36-40-44-48-52-56-60-64-68-79-73(78)67-63-59-55-51-47-43-39-35-29-22-20-18-16-14-12-10-8-6-4-2/h24,26-27,31,70-71,75-76H,3-23,25,28-30,32-69H2,1-2H3,(H,74,77)/b26-24-,31-27-. The number of allylic oxidation sites excluding steroid dienone is 4. The van der Waals surface area contributed by atoms with Crippen LogP contribution in [0.2, 0.25) is 0 Å². The third kappa shape index (κ3) is 65.4. The van der Waals surface area contributed by atoms with Gasteiger partial charge < -0.3 is 20.3 Å². The Morgan fingerprint density at radius 3 is 0.962 bits per heavy atom. The van der Waals surface area contributed by atoms with E-state index in [1.54, 1.807) is 0 Å². The number of carbonyl (C=O) groups is 2. The summed E-state index contributed by atoms with van der Waals surface area (Å²) in [5.41, 5.74) is 0. The van der Waals surface area contributed by atoms with E-state index in [9.17, 15) is 19.8 Å². The Balaban J connectivity index is 3.42. The number of nitrogens with one attached hydrogen (secondary N) is 1. The molecule has 0 rings (SSSR count). The lowest BCUT2D eigenvalue weighted by Gasteiger charge is -2.22. The highest BCUT2D eigenvalue weighted by molar-refractivity contribution is 5.76. The Morgan fingerprint density at radius 2 is 0.633 bits per heavy atom. The van der Waals surface area contributed by atoms with Crippen LogP contribution in [0.3, 0.4) is 0 Å². The highest BCUT2D eigenvalue weighted by Gasteiger charge is 2.20. The molecule has 0 aromatic heterocycles. The zero-order chi connectivity index (χ0) is 57.1. The van der Waals surface area contributed by atoms with Gasteiger partial charge in [0.15, 0.2) is 0 Å². The van der Waals surface area contributed by atoms with Gasteiger partial charge in [0.2, 0.25) is 5.91 Å². The number of carbonyl (C=O) groups excluding carboxylic acids is 2. The van der Waals surface area contributed by atoms with Crippen molar-refractivity contribution in [2.75, 3.05) is 13.2 Å². The molecule has 1 amide bonds. The fourth-order valence-corrected chi connectivity index (χ4v) is 11.5. The number of esters is 1. The van der Waals surface area contributed by atoms with E-state index < -0.39 is 12.1 Å². The summed E-state index contributed by atoms with van der Waals surface area (Å²) in [6.45, 7) is 4.99. The average Bonchev–Trinajstić information content (AvgIpc) is 3.45. The first-order chi connectivity index (χ1) is 39.0. The van der Waals surface area contributed by atoms with E-state index in [0.29, 0.717) is 25.9 Å². The number of rotatable bonds is 68. The highest BCUT2D eigenvalue weighted by Crippen LogP contribution is 2.19. The van der Waals surface area contributed by atoms with Crippen LogP contribution in [0.25, 0.3) is 0 Å². The van der Waals surface area contributed by atoms with Crippen LogP contribution >= 0.6 is 0 Å². The summed E-state index contributed by atoms with van der Waals surface area (Å²) in [5, 5.41) is 23.4. The quantitative estimate of drug-likeness (QED) is 0.0320. The summed E-state index contributed by atoms with van der Waals surface area (Å²) < 4.78 is 5.51. The topological polar surface area (TPSA) is 95.9 Å². The summed E-state index contributed by atoms with van der Waals surface area (Å²) in [6, 6.07) is -0.550. The van der Waals surface area contributed by atoms with Crippen LogP contribution in [0.5, 0.6) is 0 Å². The van der Waals surface area contributed by atoms with Crippen molar-refractivity contribution in [2.45, 2.75) is 418 Å². The predicted octanol–water partition coefficient (Wildman–Crippen LogP) is 23.3. The molecule has 468 valence electrons. The minimum Gasteiger partial charge on any atom is -0.466 e. The molecule has 0 saturated carbocycles. The maximum absolute atomic E-state index is 12.5. The molecule has 0 aliphatic rings. The fourth-order valence-electron chi connectivity index (χ4n) is 11.5. The maximum atomic E-state index is 12.5. The van der Waals surface area contributed by atoms with Gasteiger partial charge in [0.05, 0.1) is 25.4 Å². The van der Waals surface area contributed by atoms with E-state index in [-0.39, 0.29) is 18.5 Å². The average molecular weight is 1110 g/mol. The fraction of sp³-hybridized carbons (Fsp3) is 0.918. The Hall–Kier alpha value is -1.66. The van der Waals surface area contributed by atoms with Crippen molar-refractivity contribution in [1.29, 1.82) is 0 Å². The highest BCUT2D eigenvalue weighted by atomic mass is 16.5. The molecule has 79 heavy (non-hydrogen) atoms. The van der Waals surface area contributed by atoms with E-state index in [1.807, 2.05) is 0 Å². The number of hydrogen-bond donors (Lipinski definition) is 3. The van der Waals surface area contributed by atoms with Gasteiger partial charge in [0.25, 0.3) is 0 Å². The SMILES string of the molecule is CCCCCCCCCCCCCCCCCCCCCCC(O)C(CO)NC(=O)CCCCCCCCC/C=C\C/C=C\CCCCCCCCCCCOC(=O)CCCCCCCCCCCCCCCCCCCCC. The molecule has 0 spiro atoms. The van der Waals surface area contributed by atoms with Crippen molar-refractivity contribution in [1.82, 2.24) is 5.32 Å². The lowest BCUT2D eigenvalue weighted by atomic mass is 10.0. The normalized spacial score (nSPS) is 12.6. The summed E-state index contributed by atoms with van der Waals surface area (Å²) >= 11 is 0. The predicted molar refractivity (Wildman–Crippen MR) is 347 cm³/mol. The lowest BCUT2D eigenvalue weighted by molar-refractivity contribution is -0.143. The Labute approximate surface area is 494 Å². The van der Waals surface area contributed by atoms with Crippen LogP contribution in [0.15, 0.2) is 24.3 Å². The Morgan fingerprint density at radius 1 is 0.354 bits per heavy atom. The zero-order valence-corrected chi connectivity index (χ0v) is 53.6. The molecule has 0 saturated heterocycles. The molecular weight excluding hydrogens is 971 g/mol. The van der Waals surface area contributed by atoms with Crippen LogP contribution in [0.4, 0.5) is 0 Å². The molecule has 6 nitrogen and oxygen atoms in total. The number of amides is 1. The van der Waals surface area contributed by atoms with Gasteiger partial charge in [-0.1, -0.05) is 359 Å². The first-order valence-corrected chi connectivity index (χ1v) is 36.1. The van der Waals surface area contributed by atoms with Gasteiger partial charge in [0.1, 0.15) is 0 Å². The van der Waals surface area contributed by atoms with Gasteiger partial charge in [-0.3, -0.25) is 9.59 Å². The molecular formula is C73H141NO5. The van der Waals surface area contributed by atoms with E-state index in [4.69, 9.17) is 4.74 Å². The molecule has 6 heteroatoms. The van der Waals surface area contributed by atoms with Gasteiger partial charge in [-0.15, -0.1) is 0 Å². The summed E-state index contributed by atoms with van der Waals surface area (Å²) in [4.78, 5) is 24.7. The second-order valence-corrected chi connectivity index (χ2v) is 24.9. The van der Waals surface area contributed by atoms with Crippen molar-refractivity contribution < 1.29 is 24.5 Å². The van der Waals surface area contributed by atoms with Crippen LogP contribution in [0, 0.1) is 0 Å². The lowest BCUT2D eigenvalue weighted by Crippen LogP contribution is -2.45. The van der Waals surface area contributed by atoms with Crippen molar-refractivity contribution in [3.8, 4) is 0 Å². The van der Waals surface area contributed by atoms with E-state index in [1.165, 1.54) is 327 Å². The molecule has 2 unspecified atom stereocenters. The number of ether oxygens (including phenoxy) is 1. The third-order valence-electron chi connectivity index (χ3n) is 17.0. The van der Waals surface area contributed by atoms with Gasteiger partial charge in [-0.25, -0.2) is 0 Å². The van der Waals surface area contributed by atoms with Gasteiger partial charge >= 0.3 is 5.97 Å². The van der Waals surface area contributed by atoms with Crippen molar-refractivity contribution in [3.05, 3.63) is 24.3 Å². The molecule has 0 fully saturated rings. The molecule has 0 aromatic rings. The monoisotopic (exact) mass is 1110 g/mol. The van der Waals surface area contributed by atoms with Gasteiger partial charge in [-0.2, -0.15) is 0 Å². The minimum absolute atomic E-state index is 0.0129. The molecule has 0 radical (unpaired) electrons. The number of aliphatic hydroxyl groups is 2. The Kier molecular flexibility index (Phi) is 67.4. The molecule has 3 N–H and O–H groups in total. The second kappa shape index (κ2) is 68.8. The second-order valence-electron chi connectivity index (χ2n) is 24.9. The molecule has 0 bridgehead atoms. The van der Waals surface area contributed by atoms with Crippen molar-refractivity contribution in [3.63, 3.8) is 0 Å². The molecule has 2 atom stereocenters. The van der Waals surface area contributed by atoms with Crippen molar-refractivity contribution >= 4 is 11.9 Å². The largest absolute Gasteiger partial charge is 0.466 e. The summed E-state index contributed by atoms with van der Waals surface area (Å²) in [5.74, 6) is -0.0284. The van der Waals surface area contributed by atoms with E-state index >= 15 is 0 Å². The third-order valence-corrected chi connectivity index (χ3v) is 17.0.